The summed E-state index contributed by atoms with van der Waals surface area (Å²) in [7, 11) is 0. The highest BCUT2D eigenvalue weighted by Crippen LogP contribution is 2.29. The Kier molecular flexibility index (Phi) is 10.2. The smallest absolute Gasteiger partial charge is 0.250 e. The number of nitrogens with two attached hydrogens (primary N) is 1. The van der Waals surface area contributed by atoms with E-state index in [0.29, 0.717) is 17.7 Å². The Morgan fingerprint density at radius 2 is 1.85 bits per heavy atom. The van der Waals surface area contributed by atoms with E-state index in [0.717, 1.165) is 5.56 Å². The van der Waals surface area contributed by atoms with E-state index in [9.17, 15) is 24.0 Å². The Morgan fingerprint density at radius 3 is 2.40 bits per heavy atom. The summed E-state index contributed by atoms with van der Waals surface area (Å²) in [6.07, 6.45) is 5.87. The lowest BCUT2D eigenvalue weighted by molar-refractivity contribution is -0.141. The number of allylic oxidation sites excluding steroid dienone is 3. The average Bonchev–Trinajstić information content (AvgIpc) is 3.50. The second-order valence-electron chi connectivity index (χ2n) is 11.1. The maximum atomic E-state index is 13.9. The molecule has 1 unspecified atom stereocenters. The molecule has 1 fully saturated rings. The van der Waals surface area contributed by atoms with Gasteiger partial charge in [0, 0.05) is 25.0 Å². The van der Waals surface area contributed by atoms with E-state index in [4.69, 9.17) is 5.73 Å². The van der Waals surface area contributed by atoms with Crippen molar-refractivity contribution in [3.63, 3.8) is 0 Å². The first-order valence-electron chi connectivity index (χ1n) is 13.4. The molecule has 5 amide bonds. The third-order valence-electron chi connectivity index (χ3n) is 6.73. The van der Waals surface area contributed by atoms with Crippen molar-refractivity contribution in [1.82, 2.24) is 20.4 Å². The quantitative estimate of drug-likeness (QED) is 0.261. The molecule has 0 spiro atoms. The average molecular weight is 570 g/mol. The molecule has 1 aromatic rings. The Hall–Kier alpha value is -3.57. The van der Waals surface area contributed by atoms with Gasteiger partial charge in [-0.2, -0.15) is 11.3 Å². The van der Waals surface area contributed by atoms with Gasteiger partial charge in [0.25, 0.3) is 0 Å². The van der Waals surface area contributed by atoms with Crippen LogP contribution in [0.25, 0.3) is 0 Å². The van der Waals surface area contributed by atoms with E-state index in [1.54, 1.807) is 32.1 Å². The molecule has 0 aliphatic carbocycles. The maximum absolute atomic E-state index is 13.9. The zero-order valence-corrected chi connectivity index (χ0v) is 24.4. The summed E-state index contributed by atoms with van der Waals surface area (Å²) in [6.45, 7) is 10.9. The first-order valence-corrected chi connectivity index (χ1v) is 14.3. The van der Waals surface area contributed by atoms with Crippen LogP contribution >= 0.6 is 11.3 Å². The Labute approximate surface area is 239 Å². The Bertz CT molecular complexity index is 1200. The molecule has 1 saturated heterocycles. The molecular formula is C29H39N5O5S. The SMILES string of the molecule is C=C/C=C\C1=C(CN2C(=O)CCC2=O)N(Cc2ccsc2)C(=O)C(NC(=O)[C@@H](CC(C)C)NC(=O)C(C)(C)N)C1. The molecule has 11 heteroatoms. The maximum Gasteiger partial charge on any atom is 0.250 e. The van der Waals surface area contributed by atoms with Crippen LogP contribution in [-0.4, -0.2) is 63.5 Å². The van der Waals surface area contributed by atoms with Gasteiger partial charge in [-0.3, -0.25) is 28.9 Å². The molecule has 0 saturated carbocycles. The third kappa shape index (κ3) is 7.76. The van der Waals surface area contributed by atoms with Gasteiger partial charge in [-0.15, -0.1) is 0 Å². The van der Waals surface area contributed by atoms with Crippen molar-refractivity contribution < 1.29 is 24.0 Å². The lowest BCUT2D eigenvalue weighted by Gasteiger charge is -2.37. The van der Waals surface area contributed by atoms with Gasteiger partial charge in [0.15, 0.2) is 0 Å². The molecule has 40 heavy (non-hydrogen) atoms. The Morgan fingerprint density at radius 1 is 1.18 bits per heavy atom. The number of hydrogen-bond acceptors (Lipinski definition) is 7. The van der Waals surface area contributed by atoms with Crippen LogP contribution < -0.4 is 16.4 Å². The second kappa shape index (κ2) is 13.2. The largest absolute Gasteiger partial charge is 0.343 e. The number of carbonyl (C=O) groups excluding carboxylic acids is 5. The van der Waals surface area contributed by atoms with Crippen LogP contribution in [0.1, 0.15) is 58.9 Å². The molecule has 10 nitrogen and oxygen atoms in total. The van der Waals surface area contributed by atoms with Gasteiger partial charge in [0.1, 0.15) is 12.1 Å². The number of imide groups is 1. The molecule has 0 bridgehead atoms. The van der Waals surface area contributed by atoms with Crippen LogP contribution in [0.4, 0.5) is 0 Å². The number of amides is 5. The van der Waals surface area contributed by atoms with Gasteiger partial charge in [0.05, 0.1) is 18.6 Å². The Balaban J connectivity index is 1.96. The predicted molar refractivity (Wildman–Crippen MR) is 153 cm³/mol. The first-order chi connectivity index (χ1) is 18.8. The summed E-state index contributed by atoms with van der Waals surface area (Å²) in [4.78, 5) is 67.6. The number of rotatable bonds is 12. The molecule has 0 radical (unpaired) electrons. The molecule has 2 aliphatic heterocycles. The van der Waals surface area contributed by atoms with Gasteiger partial charge in [0.2, 0.25) is 29.5 Å². The summed E-state index contributed by atoms with van der Waals surface area (Å²) in [5, 5.41) is 9.40. The number of likely N-dealkylation sites (tertiary alicyclic amines) is 1. The van der Waals surface area contributed by atoms with Crippen molar-refractivity contribution in [3.8, 4) is 0 Å². The summed E-state index contributed by atoms with van der Waals surface area (Å²) < 4.78 is 0. The van der Waals surface area contributed by atoms with E-state index < -0.39 is 29.4 Å². The number of nitrogens with zero attached hydrogens (tertiary/aromatic N) is 2. The molecule has 3 heterocycles. The third-order valence-corrected chi connectivity index (χ3v) is 7.46. The molecule has 4 N–H and O–H groups in total. The number of carbonyl (C=O) groups is 5. The standard InChI is InChI=1S/C29H39N5O5S/c1-6-7-8-20-14-22(31-26(37)21(13-18(2)3)32-28(39)29(4,5)30)27(38)33(15-19-11-12-40-17-19)23(20)16-34-24(35)9-10-25(34)36/h6-8,11-12,17-18,21-22H,1,9-10,13-16,30H2,2-5H3,(H,31,37)(H,32,39)/b8-7-/t21-,22?/m1/s1. The van der Waals surface area contributed by atoms with Crippen molar-refractivity contribution in [2.75, 3.05) is 6.54 Å². The van der Waals surface area contributed by atoms with Crippen LogP contribution in [0.5, 0.6) is 0 Å². The molecule has 2 atom stereocenters. The van der Waals surface area contributed by atoms with Crippen molar-refractivity contribution in [3.05, 3.63) is 58.5 Å². The first kappa shape index (κ1) is 31.0. The summed E-state index contributed by atoms with van der Waals surface area (Å²) >= 11 is 1.49. The molecule has 0 aromatic carbocycles. The van der Waals surface area contributed by atoms with Gasteiger partial charge in [-0.05, 0) is 54.1 Å². The van der Waals surface area contributed by atoms with E-state index in [2.05, 4.69) is 17.2 Å². The van der Waals surface area contributed by atoms with E-state index in [1.807, 2.05) is 30.7 Å². The topological polar surface area (TPSA) is 142 Å². The van der Waals surface area contributed by atoms with E-state index >= 15 is 0 Å². The lowest BCUT2D eigenvalue weighted by atomic mass is 9.94. The van der Waals surface area contributed by atoms with Gasteiger partial charge in [-0.25, -0.2) is 0 Å². The zero-order valence-electron chi connectivity index (χ0n) is 23.6. The van der Waals surface area contributed by atoms with Crippen LogP contribution in [-0.2, 0) is 30.5 Å². The fourth-order valence-electron chi connectivity index (χ4n) is 4.57. The number of nitrogens with one attached hydrogen (secondary N) is 2. The minimum atomic E-state index is -1.18. The minimum absolute atomic E-state index is 0.0390. The van der Waals surface area contributed by atoms with Crippen molar-refractivity contribution in [2.24, 2.45) is 11.7 Å². The van der Waals surface area contributed by atoms with Crippen molar-refractivity contribution >= 4 is 40.9 Å². The summed E-state index contributed by atoms with van der Waals surface area (Å²) in [5.74, 6) is -1.80. The monoisotopic (exact) mass is 569 g/mol. The van der Waals surface area contributed by atoms with Crippen LogP contribution in [0.15, 0.2) is 52.9 Å². The predicted octanol–water partition coefficient (Wildman–Crippen LogP) is 2.38. The number of thiophene rings is 1. The molecule has 2 aliphatic rings. The van der Waals surface area contributed by atoms with Gasteiger partial charge >= 0.3 is 0 Å². The van der Waals surface area contributed by atoms with Crippen molar-refractivity contribution in [1.29, 1.82) is 0 Å². The van der Waals surface area contributed by atoms with Crippen LogP contribution in [0, 0.1) is 5.92 Å². The van der Waals surface area contributed by atoms with Crippen LogP contribution in [0.2, 0.25) is 0 Å². The highest BCUT2D eigenvalue weighted by molar-refractivity contribution is 7.07. The normalized spacial score (nSPS) is 19.1. The van der Waals surface area contributed by atoms with E-state index in [1.165, 1.54) is 21.1 Å². The molecular weight excluding hydrogens is 530 g/mol. The fraction of sp³-hybridized carbons (Fsp3) is 0.483. The summed E-state index contributed by atoms with van der Waals surface area (Å²) in [5.41, 5.74) is 6.86. The fourth-order valence-corrected chi connectivity index (χ4v) is 5.23. The lowest BCUT2D eigenvalue weighted by Crippen LogP contribution is -2.59. The second-order valence-corrected chi connectivity index (χ2v) is 11.9. The van der Waals surface area contributed by atoms with Gasteiger partial charge in [-0.1, -0.05) is 38.7 Å². The molecule has 1 aromatic heterocycles. The van der Waals surface area contributed by atoms with Crippen LogP contribution in [0.3, 0.4) is 0 Å². The minimum Gasteiger partial charge on any atom is -0.343 e. The summed E-state index contributed by atoms with van der Waals surface area (Å²) in [6, 6.07) is 0.0824. The van der Waals surface area contributed by atoms with Crippen molar-refractivity contribution in [2.45, 2.75) is 77.5 Å². The van der Waals surface area contributed by atoms with E-state index in [-0.39, 0.29) is 56.0 Å². The van der Waals surface area contributed by atoms with Gasteiger partial charge < -0.3 is 21.3 Å². The molecule has 216 valence electrons. The zero-order chi connectivity index (χ0) is 29.6. The highest BCUT2D eigenvalue weighted by Gasteiger charge is 2.39. The highest BCUT2D eigenvalue weighted by atomic mass is 32.1. The number of hydrogen-bond donors (Lipinski definition) is 3. The molecule has 3 rings (SSSR count).